The first-order valence-corrected chi connectivity index (χ1v) is 10.4. The normalized spacial score (nSPS) is 29.2. The zero-order valence-electron chi connectivity index (χ0n) is 13.5. The van der Waals surface area contributed by atoms with Crippen LogP contribution < -0.4 is 0 Å². The van der Waals surface area contributed by atoms with Crippen molar-refractivity contribution in [2.75, 3.05) is 39.4 Å². The first-order valence-electron chi connectivity index (χ1n) is 8.48. The third-order valence-electron chi connectivity index (χ3n) is 4.53. The average molecular weight is 303 g/mol. The predicted octanol–water partition coefficient (Wildman–Crippen LogP) is 2.81. The highest BCUT2D eigenvalue weighted by molar-refractivity contribution is 6.61. The minimum Gasteiger partial charge on any atom is -0.371 e. The van der Waals surface area contributed by atoms with Crippen LogP contribution in [0.2, 0.25) is 6.04 Å². The molecule has 2 bridgehead atoms. The van der Waals surface area contributed by atoms with Gasteiger partial charge in [-0.15, -0.1) is 0 Å². The van der Waals surface area contributed by atoms with Gasteiger partial charge in [-0.2, -0.15) is 0 Å². The highest BCUT2D eigenvalue weighted by atomic mass is 28.4. The van der Waals surface area contributed by atoms with E-state index in [0.29, 0.717) is 0 Å². The number of hydrogen-bond donors (Lipinski definition) is 0. The van der Waals surface area contributed by atoms with Crippen molar-refractivity contribution in [2.24, 2.45) is 0 Å². The van der Waals surface area contributed by atoms with Gasteiger partial charge in [0.25, 0.3) is 0 Å². The molecule has 0 aromatic rings. The second-order valence-electron chi connectivity index (χ2n) is 6.38. The van der Waals surface area contributed by atoms with Gasteiger partial charge in [0.1, 0.15) is 0 Å². The third-order valence-corrected chi connectivity index (χ3v) is 7.41. The van der Waals surface area contributed by atoms with Gasteiger partial charge in [-0.1, -0.05) is 20.8 Å². The van der Waals surface area contributed by atoms with Gasteiger partial charge in [0, 0.05) is 12.5 Å². The highest BCUT2D eigenvalue weighted by Crippen LogP contribution is 2.32. The van der Waals surface area contributed by atoms with Gasteiger partial charge in [-0.25, -0.2) is 0 Å². The molecule has 2 aliphatic heterocycles. The molecule has 5 heteroatoms. The van der Waals surface area contributed by atoms with Gasteiger partial charge in [-0.05, 0) is 19.3 Å². The Morgan fingerprint density at radius 2 is 1.45 bits per heavy atom. The lowest BCUT2D eigenvalue weighted by atomic mass is 10.2. The zero-order valence-corrected chi connectivity index (χ0v) is 14.5. The minimum atomic E-state index is -2.21. The largest absolute Gasteiger partial charge is 0.501 e. The summed E-state index contributed by atoms with van der Waals surface area (Å²) >= 11 is 0. The van der Waals surface area contributed by atoms with Gasteiger partial charge < -0.3 is 17.8 Å². The fraction of sp³-hybridized carbons (Fsp3) is 1.00. The number of nitrogens with zero attached hydrogens (tertiary/aromatic N) is 1. The van der Waals surface area contributed by atoms with Crippen LogP contribution in [0.5, 0.6) is 0 Å². The molecule has 0 unspecified atom stereocenters. The van der Waals surface area contributed by atoms with E-state index in [2.05, 4.69) is 20.8 Å². The summed E-state index contributed by atoms with van der Waals surface area (Å²) in [6.45, 7) is 13.6. The lowest BCUT2D eigenvalue weighted by Crippen LogP contribution is -2.51. The van der Waals surface area contributed by atoms with E-state index in [1.807, 2.05) is 0 Å². The molecule has 0 spiro atoms. The first-order chi connectivity index (χ1) is 9.67. The van der Waals surface area contributed by atoms with Crippen LogP contribution in [0, 0.1) is 0 Å². The van der Waals surface area contributed by atoms with Gasteiger partial charge >= 0.3 is 8.80 Å². The molecule has 0 N–H and O–H groups in total. The molecular weight excluding hydrogens is 270 g/mol. The van der Waals surface area contributed by atoms with E-state index in [4.69, 9.17) is 13.3 Å². The lowest BCUT2D eigenvalue weighted by Gasteiger charge is -2.39. The van der Waals surface area contributed by atoms with Crippen molar-refractivity contribution in [1.29, 1.82) is 0 Å². The van der Waals surface area contributed by atoms with Crippen molar-refractivity contribution >= 4 is 8.80 Å². The maximum atomic E-state index is 5.94. The molecule has 0 aliphatic carbocycles. The van der Waals surface area contributed by atoms with Crippen LogP contribution in [0.1, 0.15) is 46.5 Å². The molecule has 2 saturated heterocycles. The molecule has 0 atom stereocenters. The van der Waals surface area contributed by atoms with Crippen molar-refractivity contribution in [1.82, 2.24) is 0 Å². The van der Waals surface area contributed by atoms with Crippen molar-refractivity contribution in [3.8, 4) is 0 Å². The molecule has 0 saturated carbocycles. The fourth-order valence-electron chi connectivity index (χ4n) is 3.85. The van der Waals surface area contributed by atoms with Crippen molar-refractivity contribution in [2.45, 2.75) is 58.6 Å². The molecule has 0 radical (unpaired) electrons. The second-order valence-corrected chi connectivity index (χ2v) is 9.06. The molecule has 2 fully saturated rings. The van der Waals surface area contributed by atoms with Crippen LogP contribution in [-0.4, -0.2) is 58.8 Å². The molecule has 2 aliphatic rings. The fourth-order valence-corrected chi connectivity index (χ4v) is 6.59. The Kier molecular flexibility index (Phi) is 6.04. The lowest BCUT2D eigenvalue weighted by molar-refractivity contribution is -0.928. The SMILES string of the molecule is CCC[N+](CCC)(CCC)CCC[Si]12OCC(CO1)O2. The van der Waals surface area contributed by atoms with Crippen LogP contribution in [0.25, 0.3) is 0 Å². The Morgan fingerprint density at radius 1 is 0.900 bits per heavy atom. The molecule has 0 amide bonds. The topological polar surface area (TPSA) is 27.7 Å². The summed E-state index contributed by atoms with van der Waals surface area (Å²) in [4.78, 5) is 0. The zero-order chi connectivity index (χ0) is 14.5. The van der Waals surface area contributed by atoms with Gasteiger partial charge in [-0.3, -0.25) is 0 Å². The highest BCUT2D eigenvalue weighted by Gasteiger charge is 2.54. The molecule has 20 heavy (non-hydrogen) atoms. The Labute approximate surface area is 125 Å². The molecular formula is C15H32NO3Si+. The van der Waals surface area contributed by atoms with Gasteiger partial charge in [0.05, 0.1) is 45.5 Å². The summed E-state index contributed by atoms with van der Waals surface area (Å²) in [5.41, 5.74) is 0. The molecule has 0 aromatic carbocycles. The van der Waals surface area contributed by atoms with Crippen LogP contribution in [0.4, 0.5) is 0 Å². The van der Waals surface area contributed by atoms with Crippen LogP contribution in [0.15, 0.2) is 0 Å². The Balaban J connectivity index is 1.84. The Bertz CT molecular complexity index is 276. The van der Waals surface area contributed by atoms with Gasteiger partial charge in [0.2, 0.25) is 0 Å². The molecule has 2 rings (SSSR count). The monoisotopic (exact) mass is 302 g/mol. The van der Waals surface area contributed by atoms with Crippen molar-refractivity contribution in [3.63, 3.8) is 0 Å². The smallest absolute Gasteiger partial charge is 0.371 e. The maximum absolute atomic E-state index is 5.94. The number of fused-ring (bicyclic) bond motifs is 2. The maximum Gasteiger partial charge on any atom is 0.501 e. The second kappa shape index (κ2) is 7.36. The van der Waals surface area contributed by atoms with Crippen molar-refractivity contribution < 1.29 is 17.8 Å². The van der Waals surface area contributed by atoms with E-state index < -0.39 is 8.80 Å². The summed E-state index contributed by atoms with van der Waals surface area (Å²) in [7, 11) is -2.21. The molecule has 2 heterocycles. The number of rotatable bonds is 10. The van der Waals surface area contributed by atoms with E-state index in [9.17, 15) is 0 Å². The van der Waals surface area contributed by atoms with Crippen molar-refractivity contribution in [3.05, 3.63) is 0 Å². The van der Waals surface area contributed by atoms with Gasteiger partial charge in [0.15, 0.2) is 0 Å². The third kappa shape index (κ3) is 3.83. The van der Waals surface area contributed by atoms with Crippen LogP contribution in [-0.2, 0) is 13.3 Å². The van der Waals surface area contributed by atoms with E-state index in [-0.39, 0.29) is 6.10 Å². The van der Waals surface area contributed by atoms with E-state index in [1.54, 1.807) is 0 Å². The van der Waals surface area contributed by atoms with E-state index in [0.717, 1.165) is 19.3 Å². The summed E-state index contributed by atoms with van der Waals surface area (Å²) in [5.74, 6) is 0. The Hall–Kier alpha value is 0.0569. The van der Waals surface area contributed by atoms with E-state index in [1.165, 1.54) is 56.3 Å². The average Bonchev–Trinajstić information content (AvgIpc) is 3.00. The number of hydrogen-bond acceptors (Lipinski definition) is 3. The first kappa shape index (κ1) is 16.4. The number of quaternary nitrogens is 1. The summed E-state index contributed by atoms with van der Waals surface area (Å²) in [6, 6.07) is 1.01. The van der Waals surface area contributed by atoms with E-state index >= 15 is 0 Å². The molecule has 0 aromatic heterocycles. The molecule has 118 valence electrons. The summed E-state index contributed by atoms with van der Waals surface area (Å²) < 4.78 is 18.9. The summed E-state index contributed by atoms with van der Waals surface area (Å²) in [6.07, 6.45) is 5.23. The van der Waals surface area contributed by atoms with Crippen LogP contribution in [0.3, 0.4) is 0 Å². The quantitative estimate of drug-likeness (QED) is 0.459. The van der Waals surface area contributed by atoms with Crippen LogP contribution >= 0.6 is 0 Å². The summed E-state index contributed by atoms with van der Waals surface area (Å²) in [5, 5.41) is 0. The Morgan fingerprint density at radius 3 is 1.85 bits per heavy atom. The minimum absolute atomic E-state index is 0.239. The predicted molar refractivity (Wildman–Crippen MR) is 82.6 cm³/mol. The standard InChI is InChI=1S/C15H32NO3Si/c1-4-8-16(9-5-2,10-6-3)11-7-12-20-17-13-15(19-20)14-18-20/h15H,4-14H2,1-3H3/q+1. The molecule has 4 nitrogen and oxygen atoms in total.